The summed E-state index contributed by atoms with van der Waals surface area (Å²) in [7, 11) is 0. The molecule has 0 aromatic heterocycles. The number of ether oxygens (including phenoxy) is 1. The van der Waals surface area contributed by atoms with Crippen molar-refractivity contribution in [2.24, 2.45) is 0 Å². The van der Waals surface area contributed by atoms with E-state index in [1.807, 2.05) is 30.3 Å². The molecule has 0 bridgehead atoms. The number of para-hydroxylation sites is 1. The van der Waals surface area contributed by atoms with Crippen LogP contribution in [0, 0.1) is 5.82 Å². The normalized spacial score (nSPS) is 11.7. The smallest absolute Gasteiger partial charge is 0.260 e. The molecular weight excluding hydrogens is 269 g/mol. The van der Waals surface area contributed by atoms with Crippen LogP contribution >= 0.6 is 0 Å². The van der Waals surface area contributed by atoms with Gasteiger partial charge in [0.05, 0.1) is 0 Å². The standard InChI is InChI=1S/C17H18FNO2/c1-13(21-16-10-6-5-9-15(16)18)17(20)19-12-11-14-7-3-2-4-8-14/h2-10,13H,11-12H2,1H3,(H,19,20). The van der Waals surface area contributed by atoms with Gasteiger partial charge in [-0.25, -0.2) is 4.39 Å². The third kappa shape index (κ3) is 4.60. The molecule has 1 amide bonds. The van der Waals surface area contributed by atoms with Crippen LogP contribution < -0.4 is 10.1 Å². The Morgan fingerprint density at radius 3 is 2.52 bits per heavy atom. The van der Waals surface area contributed by atoms with E-state index < -0.39 is 11.9 Å². The van der Waals surface area contributed by atoms with Gasteiger partial charge in [-0.15, -0.1) is 0 Å². The molecule has 4 heteroatoms. The van der Waals surface area contributed by atoms with E-state index in [-0.39, 0.29) is 11.7 Å². The van der Waals surface area contributed by atoms with Gasteiger partial charge >= 0.3 is 0 Å². The Labute approximate surface area is 123 Å². The Kier molecular flexibility index (Phi) is 5.32. The SMILES string of the molecule is CC(Oc1ccccc1F)C(=O)NCCc1ccccc1. The molecule has 2 aromatic carbocycles. The summed E-state index contributed by atoms with van der Waals surface area (Å²) < 4.78 is 18.8. The number of halogens is 1. The first-order chi connectivity index (χ1) is 10.2. The number of amides is 1. The summed E-state index contributed by atoms with van der Waals surface area (Å²) in [6.45, 7) is 2.12. The third-order valence-corrected chi connectivity index (χ3v) is 3.07. The van der Waals surface area contributed by atoms with E-state index in [1.165, 1.54) is 12.1 Å². The summed E-state index contributed by atoms with van der Waals surface area (Å²) in [5.41, 5.74) is 1.15. The maximum atomic E-state index is 13.4. The highest BCUT2D eigenvalue weighted by molar-refractivity contribution is 5.80. The predicted octanol–water partition coefficient (Wildman–Crippen LogP) is 2.95. The van der Waals surface area contributed by atoms with Crippen molar-refractivity contribution < 1.29 is 13.9 Å². The van der Waals surface area contributed by atoms with Crippen molar-refractivity contribution in [1.29, 1.82) is 0 Å². The van der Waals surface area contributed by atoms with Gasteiger partial charge in [-0.2, -0.15) is 0 Å². The Balaban J connectivity index is 1.79. The summed E-state index contributed by atoms with van der Waals surface area (Å²) in [5.74, 6) is -0.640. The van der Waals surface area contributed by atoms with Gasteiger partial charge in [-0.1, -0.05) is 42.5 Å². The molecule has 0 heterocycles. The molecule has 1 atom stereocenters. The van der Waals surface area contributed by atoms with Gasteiger partial charge in [0, 0.05) is 6.54 Å². The van der Waals surface area contributed by atoms with Gasteiger partial charge in [0.25, 0.3) is 5.91 Å². The second kappa shape index (κ2) is 7.43. The predicted molar refractivity (Wildman–Crippen MR) is 79.6 cm³/mol. The number of nitrogens with one attached hydrogen (secondary N) is 1. The number of benzene rings is 2. The first kappa shape index (κ1) is 15.0. The zero-order valence-electron chi connectivity index (χ0n) is 11.9. The topological polar surface area (TPSA) is 38.3 Å². The lowest BCUT2D eigenvalue weighted by Crippen LogP contribution is -2.37. The molecule has 1 N–H and O–H groups in total. The molecule has 0 aliphatic carbocycles. The molecule has 0 saturated carbocycles. The van der Waals surface area contributed by atoms with E-state index in [1.54, 1.807) is 19.1 Å². The highest BCUT2D eigenvalue weighted by atomic mass is 19.1. The molecule has 2 aromatic rings. The Hall–Kier alpha value is -2.36. The number of hydrogen-bond acceptors (Lipinski definition) is 2. The summed E-state index contributed by atoms with van der Waals surface area (Å²) in [6, 6.07) is 15.9. The van der Waals surface area contributed by atoms with Gasteiger partial charge in [-0.3, -0.25) is 4.79 Å². The quantitative estimate of drug-likeness (QED) is 0.887. The minimum absolute atomic E-state index is 0.0863. The van der Waals surface area contributed by atoms with Gasteiger partial charge in [0.2, 0.25) is 0 Å². The van der Waals surface area contributed by atoms with Crippen molar-refractivity contribution >= 4 is 5.91 Å². The Morgan fingerprint density at radius 2 is 1.81 bits per heavy atom. The molecule has 0 saturated heterocycles. The van der Waals surface area contributed by atoms with Crippen LogP contribution in [-0.2, 0) is 11.2 Å². The number of carbonyl (C=O) groups excluding carboxylic acids is 1. The minimum Gasteiger partial charge on any atom is -0.478 e. The summed E-state index contributed by atoms with van der Waals surface area (Å²) in [6.07, 6.45) is 0.0107. The van der Waals surface area contributed by atoms with E-state index in [0.717, 1.165) is 12.0 Å². The molecule has 21 heavy (non-hydrogen) atoms. The first-order valence-corrected chi connectivity index (χ1v) is 6.89. The van der Waals surface area contributed by atoms with E-state index >= 15 is 0 Å². The average molecular weight is 287 g/mol. The van der Waals surface area contributed by atoms with E-state index in [2.05, 4.69) is 5.32 Å². The zero-order chi connectivity index (χ0) is 15.1. The van der Waals surface area contributed by atoms with Crippen LogP contribution in [0.25, 0.3) is 0 Å². The highest BCUT2D eigenvalue weighted by Crippen LogP contribution is 2.16. The van der Waals surface area contributed by atoms with Crippen molar-refractivity contribution in [1.82, 2.24) is 5.32 Å². The van der Waals surface area contributed by atoms with E-state index in [0.29, 0.717) is 6.54 Å². The lowest BCUT2D eigenvalue weighted by Gasteiger charge is -2.15. The Bertz CT molecular complexity index is 586. The molecule has 0 aliphatic heterocycles. The molecule has 0 fully saturated rings. The summed E-state index contributed by atoms with van der Waals surface area (Å²) in [4.78, 5) is 11.9. The molecular formula is C17H18FNO2. The maximum absolute atomic E-state index is 13.4. The van der Waals surface area contributed by atoms with Crippen LogP contribution in [0.1, 0.15) is 12.5 Å². The fraction of sp³-hybridized carbons (Fsp3) is 0.235. The molecule has 1 unspecified atom stereocenters. The average Bonchev–Trinajstić information content (AvgIpc) is 2.50. The molecule has 0 spiro atoms. The lowest BCUT2D eigenvalue weighted by atomic mass is 10.1. The largest absolute Gasteiger partial charge is 0.478 e. The third-order valence-electron chi connectivity index (χ3n) is 3.07. The molecule has 2 rings (SSSR count). The van der Waals surface area contributed by atoms with Crippen molar-refractivity contribution in [2.75, 3.05) is 6.54 Å². The van der Waals surface area contributed by atoms with Crippen LogP contribution in [0.15, 0.2) is 54.6 Å². The van der Waals surface area contributed by atoms with Gasteiger partial charge in [0.15, 0.2) is 17.7 Å². The zero-order valence-corrected chi connectivity index (χ0v) is 11.9. The van der Waals surface area contributed by atoms with Crippen molar-refractivity contribution in [2.45, 2.75) is 19.4 Å². The monoisotopic (exact) mass is 287 g/mol. The highest BCUT2D eigenvalue weighted by Gasteiger charge is 2.15. The minimum atomic E-state index is -0.738. The molecule has 0 radical (unpaired) electrons. The molecule has 3 nitrogen and oxygen atoms in total. The second-order valence-corrected chi connectivity index (χ2v) is 4.72. The summed E-state index contributed by atoms with van der Waals surface area (Å²) in [5, 5.41) is 2.78. The van der Waals surface area contributed by atoms with Crippen LogP contribution in [0.2, 0.25) is 0 Å². The molecule has 0 aliphatic rings. The van der Waals surface area contributed by atoms with Crippen LogP contribution in [-0.4, -0.2) is 18.6 Å². The van der Waals surface area contributed by atoms with Gasteiger partial charge in [-0.05, 0) is 31.0 Å². The Morgan fingerprint density at radius 1 is 1.14 bits per heavy atom. The van der Waals surface area contributed by atoms with Crippen molar-refractivity contribution in [3.63, 3.8) is 0 Å². The number of hydrogen-bond donors (Lipinski definition) is 1. The summed E-state index contributed by atoms with van der Waals surface area (Å²) >= 11 is 0. The van der Waals surface area contributed by atoms with Gasteiger partial charge in [0.1, 0.15) is 0 Å². The van der Waals surface area contributed by atoms with E-state index in [4.69, 9.17) is 4.74 Å². The van der Waals surface area contributed by atoms with Gasteiger partial charge < -0.3 is 10.1 Å². The number of carbonyl (C=O) groups is 1. The van der Waals surface area contributed by atoms with Crippen molar-refractivity contribution in [3.05, 3.63) is 66.0 Å². The van der Waals surface area contributed by atoms with Crippen LogP contribution in [0.4, 0.5) is 4.39 Å². The first-order valence-electron chi connectivity index (χ1n) is 6.89. The molecule has 110 valence electrons. The lowest BCUT2D eigenvalue weighted by molar-refractivity contribution is -0.127. The van der Waals surface area contributed by atoms with Crippen LogP contribution in [0.3, 0.4) is 0 Å². The maximum Gasteiger partial charge on any atom is 0.260 e. The fourth-order valence-electron chi connectivity index (χ4n) is 1.90. The van der Waals surface area contributed by atoms with Crippen molar-refractivity contribution in [3.8, 4) is 5.75 Å². The fourth-order valence-corrected chi connectivity index (χ4v) is 1.90. The van der Waals surface area contributed by atoms with E-state index in [9.17, 15) is 9.18 Å². The number of rotatable bonds is 6. The van der Waals surface area contributed by atoms with Crippen LogP contribution in [0.5, 0.6) is 5.75 Å². The second-order valence-electron chi connectivity index (χ2n) is 4.72.